The summed E-state index contributed by atoms with van der Waals surface area (Å²) in [5.41, 5.74) is 9.60. The maximum absolute atomic E-state index is 10.5. The van der Waals surface area contributed by atoms with Gasteiger partial charge >= 0.3 is 7.12 Å². The highest BCUT2D eigenvalue weighted by molar-refractivity contribution is 6.60. The van der Waals surface area contributed by atoms with Gasteiger partial charge in [-0.1, -0.05) is 127 Å². The van der Waals surface area contributed by atoms with Gasteiger partial charge in [-0.05, 0) is 92.1 Å². The molecule has 0 aliphatic rings. The first-order chi connectivity index (χ1) is 21.6. The van der Waals surface area contributed by atoms with Crippen molar-refractivity contribution in [1.82, 2.24) is 0 Å². The third-order valence-corrected chi connectivity index (χ3v) is 8.08. The number of hydrogen-bond acceptors (Lipinski definition) is 3. The molecule has 3 nitrogen and oxygen atoms in total. The van der Waals surface area contributed by atoms with Gasteiger partial charge in [0.25, 0.3) is 0 Å². The van der Waals surface area contributed by atoms with Gasteiger partial charge in [0.1, 0.15) is 0 Å². The lowest BCUT2D eigenvalue weighted by atomic mass is 9.75. The maximum atomic E-state index is 10.5. The van der Waals surface area contributed by atoms with Gasteiger partial charge in [0.05, 0.1) is 0 Å². The van der Waals surface area contributed by atoms with Gasteiger partial charge < -0.3 is 14.9 Å². The zero-order valence-electron chi connectivity index (χ0n) is 24.1. The van der Waals surface area contributed by atoms with E-state index in [1.807, 2.05) is 72.8 Å². The van der Waals surface area contributed by atoms with Crippen molar-refractivity contribution in [2.75, 3.05) is 4.90 Å². The number of hydrogen-bond donors (Lipinski definition) is 2. The topological polar surface area (TPSA) is 43.7 Å². The Morgan fingerprint density at radius 2 is 0.818 bits per heavy atom. The highest BCUT2D eigenvalue weighted by Gasteiger charge is 2.21. The zero-order valence-corrected chi connectivity index (χ0v) is 24.1. The predicted octanol–water partition coefficient (Wildman–Crippen LogP) is 8.99. The molecule has 0 bridgehead atoms. The molecule has 0 aromatic heterocycles. The first kappa shape index (κ1) is 27.4. The molecule has 0 spiro atoms. The summed E-state index contributed by atoms with van der Waals surface area (Å²) >= 11 is 0. The molecule has 2 N–H and O–H groups in total. The van der Waals surface area contributed by atoms with E-state index in [9.17, 15) is 10.0 Å². The molecule has 0 radical (unpaired) electrons. The van der Waals surface area contributed by atoms with Crippen molar-refractivity contribution in [2.24, 2.45) is 0 Å². The van der Waals surface area contributed by atoms with Gasteiger partial charge in [0.15, 0.2) is 0 Å². The van der Waals surface area contributed by atoms with Crippen molar-refractivity contribution >= 4 is 40.4 Å². The highest BCUT2D eigenvalue weighted by atomic mass is 16.4. The third-order valence-electron chi connectivity index (χ3n) is 8.08. The summed E-state index contributed by atoms with van der Waals surface area (Å²) in [4.78, 5) is 2.17. The summed E-state index contributed by atoms with van der Waals surface area (Å²) < 4.78 is 0. The van der Waals surface area contributed by atoms with Crippen LogP contribution in [0.2, 0.25) is 0 Å². The van der Waals surface area contributed by atoms with Crippen LogP contribution >= 0.6 is 0 Å². The fourth-order valence-corrected chi connectivity index (χ4v) is 5.85. The second-order valence-electron chi connectivity index (χ2n) is 10.9. The Morgan fingerprint density at radius 1 is 0.364 bits per heavy atom. The lowest BCUT2D eigenvalue weighted by Gasteiger charge is -2.27. The molecule has 0 saturated carbocycles. The smallest absolute Gasteiger partial charge is 0.423 e. The molecule has 0 aliphatic carbocycles. The Kier molecular flexibility index (Phi) is 7.52. The van der Waals surface area contributed by atoms with Crippen LogP contribution in [0.15, 0.2) is 170 Å². The molecule has 4 heteroatoms. The van der Waals surface area contributed by atoms with Crippen LogP contribution < -0.4 is 10.4 Å². The molecular formula is C40H30BNO2. The number of nitrogens with zero attached hydrogens (tertiary/aromatic N) is 1. The summed E-state index contributed by atoms with van der Waals surface area (Å²) in [6.45, 7) is 0. The molecule has 0 amide bonds. The van der Waals surface area contributed by atoms with E-state index in [0.717, 1.165) is 50.1 Å². The molecule has 0 aliphatic heterocycles. The lowest BCUT2D eigenvalue weighted by molar-refractivity contribution is 0.426. The van der Waals surface area contributed by atoms with E-state index < -0.39 is 7.12 Å². The number of benzene rings is 7. The largest absolute Gasteiger partial charge is 0.489 e. The lowest BCUT2D eigenvalue weighted by Crippen LogP contribution is -2.32. The second kappa shape index (κ2) is 12.1. The summed E-state index contributed by atoms with van der Waals surface area (Å²) in [5.74, 6) is 0. The molecule has 210 valence electrons. The SMILES string of the molecule is OB(O)c1cc(N(c2ccc(-c3ccccc3)cc2)c2ccc3cc(-c4ccccc4)ccc3c2)ccc1-c1ccccc1. The molecule has 0 atom stereocenters. The number of anilines is 3. The fourth-order valence-electron chi connectivity index (χ4n) is 5.85. The summed E-state index contributed by atoms with van der Waals surface area (Å²) in [6, 6.07) is 58.0. The molecule has 0 heterocycles. The first-order valence-electron chi connectivity index (χ1n) is 14.7. The van der Waals surface area contributed by atoms with Crippen molar-refractivity contribution in [3.63, 3.8) is 0 Å². The van der Waals surface area contributed by atoms with Crippen molar-refractivity contribution in [3.05, 3.63) is 170 Å². The van der Waals surface area contributed by atoms with Crippen LogP contribution in [0, 0.1) is 0 Å². The standard InChI is InChI=1S/C40H30BNO2/c43-41(44)40-28-38(24-25-39(40)32-14-8-3-9-15-32)42(36-21-18-31(19-22-36)29-10-4-1-5-11-29)37-23-20-34-26-33(16-17-35(34)27-37)30-12-6-2-7-13-30/h1-28,43-44H. The van der Waals surface area contributed by atoms with Crippen LogP contribution in [0.5, 0.6) is 0 Å². The molecule has 7 aromatic carbocycles. The zero-order chi connectivity index (χ0) is 29.9. The minimum Gasteiger partial charge on any atom is -0.423 e. The normalized spacial score (nSPS) is 11.0. The summed E-state index contributed by atoms with van der Waals surface area (Å²) in [6.07, 6.45) is 0. The number of rotatable bonds is 7. The monoisotopic (exact) mass is 567 g/mol. The van der Waals surface area contributed by atoms with Crippen LogP contribution in [0.4, 0.5) is 17.1 Å². The van der Waals surface area contributed by atoms with Gasteiger partial charge in [-0.15, -0.1) is 0 Å². The summed E-state index contributed by atoms with van der Waals surface area (Å²) in [7, 11) is -1.62. The first-order valence-corrected chi connectivity index (χ1v) is 14.7. The van der Waals surface area contributed by atoms with Crippen LogP contribution in [-0.4, -0.2) is 17.2 Å². The molecular weight excluding hydrogens is 537 g/mol. The number of fused-ring (bicyclic) bond motifs is 1. The highest BCUT2D eigenvalue weighted by Crippen LogP contribution is 2.38. The third kappa shape index (κ3) is 5.52. The molecule has 0 unspecified atom stereocenters. The van der Waals surface area contributed by atoms with Crippen LogP contribution in [0.3, 0.4) is 0 Å². The molecule has 0 fully saturated rings. The van der Waals surface area contributed by atoms with Crippen molar-refractivity contribution < 1.29 is 10.0 Å². The van der Waals surface area contributed by atoms with E-state index in [1.54, 1.807) is 0 Å². The van der Waals surface area contributed by atoms with Gasteiger partial charge in [-0.3, -0.25) is 0 Å². The molecule has 7 aromatic rings. The average Bonchev–Trinajstić information content (AvgIpc) is 3.09. The quantitative estimate of drug-likeness (QED) is 0.189. The van der Waals surface area contributed by atoms with E-state index >= 15 is 0 Å². The predicted molar refractivity (Wildman–Crippen MR) is 185 cm³/mol. The minimum absolute atomic E-state index is 0.452. The Balaban J connectivity index is 1.35. The van der Waals surface area contributed by atoms with Crippen molar-refractivity contribution in [1.29, 1.82) is 0 Å². The maximum Gasteiger partial charge on any atom is 0.489 e. The van der Waals surface area contributed by atoms with Gasteiger partial charge in [0, 0.05) is 17.1 Å². The van der Waals surface area contributed by atoms with E-state index in [1.165, 1.54) is 11.1 Å². The fraction of sp³-hybridized carbons (Fsp3) is 0. The van der Waals surface area contributed by atoms with Crippen LogP contribution in [-0.2, 0) is 0 Å². The van der Waals surface area contributed by atoms with Crippen LogP contribution in [0.1, 0.15) is 0 Å². The Bertz CT molecular complexity index is 2030. The van der Waals surface area contributed by atoms with Gasteiger partial charge in [0.2, 0.25) is 0 Å². The molecule has 0 saturated heterocycles. The Labute approximate surface area is 258 Å². The second-order valence-corrected chi connectivity index (χ2v) is 10.9. The van der Waals surface area contributed by atoms with Crippen molar-refractivity contribution in [2.45, 2.75) is 0 Å². The molecule has 44 heavy (non-hydrogen) atoms. The van der Waals surface area contributed by atoms with Crippen LogP contribution in [0.25, 0.3) is 44.2 Å². The van der Waals surface area contributed by atoms with Gasteiger partial charge in [-0.2, -0.15) is 0 Å². The molecule has 7 rings (SSSR count). The van der Waals surface area contributed by atoms with E-state index in [4.69, 9.17) is 0 Å². The van der Waals surface area contributed by atoms with E-state index in [0.29, 0.717) is 5.46 Å². The van der Waals surface area contributed by atoms with Gasteiger partial charge in [-0.25, -0.2) is 0 Å². The van der Waals surface area contributed by atoms with E-state index in [-0.39, 0.29) is 0 Å². The van der Waals surface area contributed by atoms with Crippen molar-refractivity contribution in [3.8, 4) is 33.4 Å². The summed E-state index contributed by atoms with van der Waals surface area (Å²) in [5, 5.41) is 23.2. The van der Waals surface area contributed by atoms with E-state index in [2.05, 4.69) is 102 Å². The Hall–Kier alpha value is -5.42. The minimum atomic E-state index is -1.62. The Morgan fingerprint density at radius 3 is 1.45 bits per heavy atom. The average molecular weight is 567 g/mol.